The maximum atomic E-state index is 9.63. The molecule has 1 saturated heterocycles. The van der Waals surface area contributed by atoms with Gasteiger partial charge in [-0.3, -0.25) is 0 Å². The van der Waals surface area contributed by atoms with Crippen molar-refractivity contribution in [3.63, 3.8) is 0 Å². The van der Waals surface area contributed by atoms with E-state index in [1.807, 2.05) is 19.1 Å². The molecule has 0 radical (unpaired) electrons. The lowest BCUT2D eigenvalue weighted by Crippen LogP contribution is -2.42. The summed E-state index contributed by atoms with van der Waals surface area (Å²) in [5.74, 6) is 0.737. The Bertz CT molecular complexity index is 400. The number of hydrogen-bond donors (Lipinski definition) is 2. The van der Waals surface area contributed by atoms with Crippen molar-refractivity contribution in [3.05, 3.63) is 23.8 Å². The van der Waals surface area contributed by atoms with Gasteiger partial charge in [-0.1, -0.05) is 6.07 Å². The Morgan fingerprint density at radius 2 is 2.33 bits per heavy atom. The average molecular weight is 251 g/mol. The molecule has 1 unspecified atom stereocenters. The summed E-state index contributed by atoms with van der Waals surface area (Å²) in [6, 6.07) is 5.46. The van der Waals surface area contributed by atoms with Crippen LogP contribution in [0.25, 0.3) is 0 Å². The van der Waals surface area contributed by atoms with Crippen molar-refractivity contribution >= 4 is 0 Å². The van der Waals surface area contributed by atoms with Gasteiger partial charge in [0, 0.05) is 18.7 Å². The molecule has 0 spiro atoms. The smallest absolute Gasteiger partial charge is 0.161 e. The fraction of sp³-hybridized carbons (Fsp3) is 0.571. The average Bonchev–Trinajstić information content (AvgIpc) is 2.78. The second kappa shape index (κ2) is 5.59. The van der Waals surface area contributed by atoms with Gasteiger partial charge in [0.05, 0.1) is 13.2 Å². The standard InChI is InChI=1S/C14H21NO3/c1-3-18-13-8-11(4-5-12(13)16)9-15-14(2)6-7-17-10-14/h4-5,8,15-16H,3,6-7,9-10H2,1-2H3. The highest BCUT2D eigenvalue weighted by atomic mass is 16.5. The highest BCUT2D eigenvalue weighted by Crippen LogP contribution is 2.27. The van der Waals surface area contributed by atoms with Crippen LogP contribution in [0.15, 0.2) is 18.2 Å². The molecule has 0 aromatic heterocycles. The third kappa shape index (κ3) is 3.15. The number of nitrogens with one attached hydrogen (secondary N) is 1. The van der Waals surface area contributed by atoms with Gasteiger partial charge in [-0.2, -0.15) is 0 Å². The maximum absolute atomic E-state index is 9.63. The Hall–Kier alpha value is -1.26. The van der Waals surface area contributed by atoms with Crippen LogP contribution < -0.4 is 10.1 Å². The molecule has 2 N–H and O–H groups in total. The lowest BCUT2D eigenvalue weighted by molar-refractivity contribution is 0.171. The zero-order valence-electron chi connectivity index (χ0n) is 11.0. The molecule has 1 aliphatic rings. The molecule has 100 valence electrons. The number of aromatic hydroxyl groups is 1. The van der Waals surface area contributed by atoms with E-state index in [-0.39, 0.29) is 11.3 Å². The summed E-state index contributed by atoms with van der Waals surface area (Å²) in [6.45, 7) is 6.95. The number of rotatable bonds is 5. The van der Waals surface area contributed by atoms with Gasteiger partial charge in [-0.05, 0) is 38.0 Å². The Morgan fingerprint density at radius 1 is 1.50 bits per heavy atom. The molecule has 4 heteroatoms. The van der Waals surface area contributed by atoms with E-state index in [1.54, 1.807) is 6.07 Å². The van der Waals surface area contributed by atoms with Crippen LogP contribution in [0.2, 0.25) is 0 Å². The normalized spacial score (nSPS) is 23.2. The molecule has 1 fully saturated rings. The van der Waals surface area contributed by atoms with Crippen LogP contribution in [0.3, 0.4) is 0 Å². The Labute approximate surface area is 108 Å². The molecule has 1 aliphatic heterocycles. The molecule has 0 aliphatic carbocycles. The van der Waals surface area contributed by atoms with Crippen molar-refractivity contribution in [3.8, 4) is 11.5 Å². The van der Waals surface area contributed by atoms with E-state index in [4.69, 9.17) is 9.47 Å². The van der Waals surface area contributed by atoms with E-state index < -0.39 is 0 Å². The minimum atomic E-state index is 0.0592. The van der Waals surface area contributed by atoms with Crippen molar-refractivity contribution in [1.29, 1.82) is 0 Å². The number of ether oxygens (including phenoxy) is 2. The highest BCUT2D eigenvalue weighted by molar-refractivity contribution is 5.41. The van der Waals surface area contributed by atoms with E-state index in [0.29, 0.717) is 12.4 Å². The van der Waals surface area contributed by atoms with Gasteiger partial charge in [0.2, 0.25) is 0 Å². The monoisotopic (exact) mass is 251 g/mol. The maximum Gasteiger partial charge on any atom is 0.161 e. The van der Waals surface area contributed by atoms with E-state index in [1.165, 1.54) is 0 Å². The molecule has 1 aromatic carbocycles. The van der Waals surface area contributed by atoms with Crippen molar-refractivity contribution in [2.75, 3.05) is 19.8 Å². The van der Waals surface area contributed by atoms with Crippen LogP contribution in [-0.4, -0.2) is 30.5 Å². The number of benzene rings is 1. The predicted molar refractivity (Wildman–Crippen MR) is 70.0 cm³/mol. The second-order valence-corrected chi connectivity index (χ2v) is 4.95. The third-order valence-corrected chi connectivity index (χ3v) is 3.26. The van der Waals surface area contributed by atoms with Gasteiger partial charge < -0.3 is 19.9 Å². The SMILES string of the molecule is CCOc1cc(CNC2(C)CCOC2)ccc1O. The van der Waals surface area contributed by atoms with Crippen molar-refractivity contribution in [2.45, 2.75) is 32.4 Å². The van der Waals surface area contributed by atoms with Crippen LogP contribution in [0.4, 0.5) is 0 Å². The zero-order chi connectivity index (χ0) is 13.0. The molecule has 0 saturated carbocycles. The largest absolute Gasteiger partial charge is 0.504 e. The highest BCUT2D eigenvalue weighted by Gasteiger charge is 2.28. The van der Waals surface area contributed by atoms with Crippen molar-refractivity contribution in [1.82, 2.24) is 5.32 Å². The molecule has 1 aromatic rings. The topological polar surface area (TPSA) is 50.7 Å². The molecule has 18 heavy (non-hydrogen) atoms. The minimum absolute atomic E-state index is 0.0592. The predicted octanol–water partition coefficient (Wildman–Crippen LogP) is 2.06. The minimum Gasteiger partial charge on any atom is -0.504 e. The molecule has 1 atom stereocenters. The van der Waals surface area contributed by atoms with Crippen molar-refractivity contribution in [2.24, 2.45) is 0 Å². The quantitative estimate of drug-likeness (QED) is 0.841. The number of hydrogen-bond acceptors (Lipinski definition) is 4. The van der Waals surface area contributed by atoms with Crippen LogP contribution in [-0.2, 0) is 11.3 Å². The van der Waals surface area contributed by atoms with Gasteiger partial charge >= 0.3 is 0 Å². The van der Waals surface area contributed by atoms with E-state index in [0.717, 1.165) is 31.7 Å². The number of phenols is 1. The molecular formula is C14H21NO3. The summed E-state index contributed by atoms with van der Waals surface area (Å²) >= 11 is 0. The Kier molecular flexibility index (Phi) is 4.09. The van der Waals surface area contributed by atoms with Gasteiger partial charge in [-0.15, -0.1) is 0 Å². The summed E-state index contributed by atoms with van der Waals surface area (Å²) in [5, 5.41) is 13.1. The first-order chi connectivity index (χ1) is 8.63. The first-order valence-corrected chi connectivity index (χ1v) is 6.40. The summed E-state index contributed by atoms with van der Waals surface area (Å²) in [6.07, 6.45) is 1.03. The fourth-order valence-corrected chi connectivity index (χ4v) is 2.06. The molecule has 2 rings (SSSR count). The molecular weight excluding hydrogens is 230 g/mol. The van der Waals surface area contributed by atoms with Crippen LogP contribution in [0.5, 0.6) is 11.5 Å². The zero-order valence-corrected chi connectivity index (χ0v) is 11.0. The van der Waals surface area contributed by atoms with Crippen molar-refractivity contribution < 1.29 is 14.6 Å². The molecule has 1 heterocycles. The fourth-order valence-electron chi connectivity index (χ4n) is 2.06. The molecule has 4 nitrogen and oxygen atoms in total. The van der Waals surface area contributed by atoms with E-state index in [2.05, 4.69) is 12.2 Å². The first-order valence-electron chi connectivity index (χ1n) is 6.40. The summed E-state index contributed by atoms with van der Waals surface area (Å²) in [7, 11) is 0. The Balaban J connectivity index is 1.98. The lowest BCUT2D eigenvalue weighted by Gasteiger charge is -2.23. The third-order valence-electron chi connectivity index (χ3n) is 3.26. The van der Waals surface area contributed by atoms with Gasteiger partial charge in [-0.25, -0.2) is 0 Å². The summed E-state index contributed by atoms with van der Waals surface area (Å²) in [5.41, 5.74) is 1.16. The summed E-state index contributed by atoms with van der Waals surface area (Å²) in [4.78, 5) is 0. The molecule has 0 amide bonds. The first kappa shape index (κ1) is 13.2. The lowest BCUT2D eigenvalue weighted by atomic mass is 10.0. The Morgan fingerprint density at radius 3 is 3.00 bits per heavy atom. The summed E-state index contributed by atoms with van der Waals surface area (Å²) < 4.78 is 10.8. The van der Waals surface area contributed by atoms with Gasteiger partial charge in [0.1, 0.15) is 0 Å². The van der Waals surface area contributed by atoms with Gasteiger partial charge in [0.25, 0.3) is 0 Å². The van der Waals surface area contributed by atoms with Crippen LogP contribution in [0.1, 0.15) is 25.8 Å². The number of phenolic OH excluding ortho intramolecular Hbond substituents is 1. The van der Waals surface area contributed by atoms with E-state index >= 15 is 0 Å². The van der Waals surface area contributed by atoms with E-state index in [9.17, 15) is 5.11 Å². The molecule has 0 bridgehead atoms. The van der Waals surface area contributed by atoms with Gasteiger partial charge in [0.15, 0.2) is 11.5 Å². The van der Waals surface area contributed by atoms with Crippen LogP contribution >= 0.6 is 0 Å². The second-order valence-electron chi connectivity index (χ2n) is 4.95. The van der Waals surface area contributed by atoms with Crippen LogP contribution in [0, 0.1) is 0 Å².